The second-order valence-electron chi connectivity index (χ2n) is 4.75. The van der Waals surface area contributed by atoms with Gasteiger partial charge in [-0.15, -0.1) is 5.11 Å². The van der Waals surface area contributed by atoms with Crippen molar-refractivity contribution in [2.24, 2.45) is 9.63 Å². The molecule has 0 bridgehead atoms. The summed E-state index contributed by atoms with van der Waals surface area (Å²) in [6, 6.07) is 15.2. The van der Waals surface area contributed by atoms with Gasteiger partial charge in [0.2, 0.25) is 0 Å². The zero-order valence-electron chi connectivity index (χ0n) is 11.9. The molecule has 1 N–H and O–H groups in total. The van der Waals surface area contributed by atoms with Crippen LogP contribution in [0.5, 0.6) is 0 Å². The van der Waals surface area contributed by atoms with E-state index in [9.17, 15) is 13.6 Å². The average molecular weight is 327 g/mol. The number of nitrogens with zero attached hydrogens (tertiary/aromatic N) is 3. The van der Waals surface area contributed by atoms with Crippen LogP contribution in [0.15, 0.2) is 81.5 Å². The molecule has 0 atom stereocenters. The molecule has 1 aliphatic rings. The molecule has 0 saturated heterocycles. The summed E-state index contributed by atoms with van der Waals surface area (Å²) in [5.74, 6) is 0. The second-order valence-corrected chi connectivity index (χ2v) is 6.33. The van der Waals surface area contributed by atoms with Gasteiger partial charge < -0.3 is 0 Å². The predicted molar refractivity (Wildman–Crippen MR) is 85.6 cm³/mol. The Labute approximate surface area is 133 Å². The number of fused-ring (bicyclic) bond motifs is 1. The van der Waals surface area contributed by atoms with Crippen molar-refractivity contribution in [3.63, 3.8) is 0 Å². The molecular weight excluding hydrogens is 314 g/mol. The van der Waals surface area contributed by atoms with Gasteiger partial charge in [0.05, 0.1) is 16.8 Å². The van der Waals surface area contributed by atoms with E-state index < -0.39 is 10.0 Å². The summed E-state index contributed by atoms with van der Waals surface area (Å²) in [6.07, 6.45) is 4.41. The van der Waals surface area contributed by atoms with E-state index in [1.165, 1.54) is 24.5 Å². The van der Waals surface area contributed by atoms with Gasteiger partial charge in [-0.05, 0) is 23.8 Å². The smallest absolute Gasteiger partial charge is 0.284 e. The van der Waals surface area contributed by atoms with Gasteiger partial charge >= 0.3 is 0 Å². The van der Waals surface area contributed by atoms with E-state index in [0.717, 1.165) is 16.2 Å². The third-order valence-corrected chi connectivity index (χ3v) is 4.43. The van der Waals surface area contributed by atoms with Crippen LogP contribution in [0.25, 0.3) is 11.8 Å². The van der Waals surface area contributed by atoms with E-state index >= 15 is 0 Å². The molecule has 0 amide bonds. The standard InChI is InChI=1S/C16H13N3O3S/c20-19-11-10-13-6-4-5-9-15(13)16(19)12-17-18-23(21,22)14-7-2-1-3-8-14/h1-12,20H. The number of benzene rings is 2. The van der Waals surface area contributed by atoms with E-state index in [1.54, 1.807) is 30.3 Å². The van der Waals surface area contributed by atoms with E-state index in [1.807, 2.05) is 18.2 Å². The van der Waals surface area contributed by atoms with Crippen LogP contribution in [0.3, 0.4) is 0 Å². The van der Waals surface area contributed by atoms with E-state index in [0.29, 0.717) is 5.70 Å². The fourth-order valence-electron chi connectivity index (χ4n) is 2.14. The predicted octanol–water partition coefficient (Wildman–Crippen LogP) is 3.50. The zero-order chi connectivity index (χ0) is 16.3. The zero-order valence-corrected chi connectivity index (χ0v) is 12.8. The van der Waals surface area contributed by atoms with E-state index in [4.69, 9.17) is 0 Å². The highest BCUT2D eigenvalue weighted by Gasteiger charge is 2.15. The van der Waals surface area contributed by atoms with Gasteiger partial charge in [0.25, 0.3) is 10.0 Å². The molecule has 0 saturated carbocycles. The van der Waals surface area contributed by atoms with Gasteiger partial charge in [-0.1, -0.05) is 47.0 Å². The SMILES string of the molecule is O=S(=O)(N=NC=C1c2ccccc2C=CN1O)c1ccccc1. The van der Waals surface area contributed by atoms with Gasteiger partial charge in [0.1, 0.15) is 0 Å². The molecule has 0 unspecified atom stereocenters. The normalized spacial score (nSPS) is 16.0. The van der Waals surface area contributed by atoms with Crippen molar-refractivity contribution in [3.05, 3.63) is 78.1 Å². The summed E-state index contributed by atoms with van der Waals surface area (Å²) in [5, 5.41) is 14.4. The van der Waals surface area contributed by atoms with Crippen molar-refractivity contribution in [1.29, 1.82) is 0 Å². The highest BCUT2D eigenvalue weighted by atomic mass is 32.2. The maximum atomic E-state index is 12.0. The number of sulfonamides is 1. The van der Waals surface area contributed by atoms with Gasteiger partial charge in [0.15, 0.2) is 0 Å². The minimum Gasteiger partial charge on any atom is -0.284 e. The van der Waals surface area contributed by atoms with E-state index in [2.05, 4.69) is 9.63 Å². The first-order valence-electron chi connectivity index (χ1n) is 6.76. The van der Waals surface area contributed by atoms with Crippen LogP contribution in [-0.2, 0) is 10.0 Å². The molecule has 0 aromatic heterocycles. The Morgan fingerprint density at radius 3 is 2.48 bits per heavy atom. The van der Waals surface area contributed by atoms with Crippen molar-refractivity contribution in [2.45, 2.75) is 4.90 Å². The Balaban J connectivity index is 1.92. The largest absolute Gasteiger partial charge is 0.299 e. The fourth-order valence-corrected chi connectivity index (χ4v) is 2.91. The molecule has 0 spiro atoms. The minimum absolute atomic E-state index is 0.0620. The summed E-state index contributed by atoms with van der Waals surface area (Å²) in [7, 11) is -3.86. The Kier molecular flexibility index (Phi) is 4.05. The number of rotatable bonds is 3. The molecule has 1 heterocycles. The van der Waals surface area contributed by atoms with E-state index in [-0.39, 0.29) is 4.90 Å². The van der Waals surface area contributed by atoms with Gasteiger partial charge in [-0.25, -0.2) is 5.06 Å². The number of hydroxylamine groups is 2. The summed E-state index contributed by atoms with van der Waals surface area (Å²) in [4.78, 5) is 0.0620. The van der Waals surface area contributed by atoms with Gasteiger partial charge in [0, 0.05) is 11.8 Å². The van der Waals surface area contributed by atoms with Crippen LogP contribution in [0.2, 0.25) is 0 Å². The lowest BCUT2D eigenvalue weighted by molar-refractivity contribution is 0.0249. The third-order valence-electron chi connectivity index (χ3n) is 3.25. The summed E-state index contributed by atoms with van der Waals surface area (Å²) < 4.78 is 27.4. The lowest BCUT2D eigenvalue weighted by Crippen LogP contribution is -2.13. The van der Waals surface area contributed by atoms with Gasteiger partial charge in [-0.3, -0.25) is 5.21 Å². The Bertz CT molecular complexity index is 903. The number of hydrogen-bond donors (Lipinski definition) is 1. The van der Waals surface area contributed by atoms with Crippen molar-refractivity contribution in [3.8, 4) is 0 Å². The molecule has 2 aromatic carbocycles. The van der Waals surface area contributed by atoms with Crippen LogP contribution >= 0.6 is 0 Å². The maximum absolute atomic E-state index is 12.0. The van der Waals surface area contributed by atoms with Crippen molar-refractivity contribution in [1.82, 2.24) is 5.06 Å². The minimum atomic E-state index is -3.86. The monoisotopic (exact) mass is 327 g/mol. The lowest BCUT2D eigenvalue weighted by Gasteiger charge is -2.21. The van der Waals surface area contributed by atoms with Crippen molar-refractivity contribution in [2.75, 3.05) is 0 Å². The van der Waals surface area contributed by atoms with Crippen LogP contribution in [0.4, 0.5) is 0 Å². The Hall–Kier alpha value is -2.77. The molecule has 116 valence electrons. The Morgan fingerprint density at radius 1 is 1.00 bits per heavy atom. The van der Waals surface area contributed by atoms with Crippen LogP contribution in [-0.4, -0.2) is 18.7 Å². The molecule has 0 radical (unpaired) electrons. The summed E-state index contributed by atoms with van der Waals surface area (Å²) in [5.41, 5.74) is 1.97. The lowest BCUT2D eigenvalue weighted by atomic mass is 10.0. The molecule has 0 fully saturated rings. The molecule has 3 rings (SSSR count). The topological polar surface area (TPSA) is 82.3 Å². The second kappa shape index (κ2) is 6.15. The van der Waals surface area contributed by atoms with Crippen molar-refractivity contribution >= 4 is 21.8 Å². The van der Waals surface area contributed by atoms with Gasteiger partial charge in [-0.2, -0.15) is 8.42 Å². The molecule has 0 aliphatic carbocycles. The molecular formula is C16H13N3O3S. The fraction of sp³-hybridized carbons (Fsp3) is 0. The highest BCUT2D eigenvalue weighted by molar-refractivity contribution is 7.90. The quantitative estimate of drug-likeness (QED) is 0.875. The molecule has 1 aliphatic heterocycles. The molecule has 23 heavy (non-hydrogen) atoms. The first kappa shape index (κ1) is 15.1. The van der Waals surface area contributed by atoms with Crippen LogP contribution in [0.1, 0.15) is 11.1 Å². The number of hydrogen-bond acceptors (Lipinski definition) is 5. The maximum Gasteiger partial charge on any atom is 0.299 e. The highest BCUT2D eigenvalue weighted by Crippen LogP contribution is 2.28. The molecule has 7 heteroatoms. The molecule has 6 nitrogen and oxygen atoms in total. The summed E-state index contributed by atoms with van der Waals surface area (Å²) in [6.45, 7) is 0. The van der Waals surface area contributed by atoms with Crippen molar-refractivity contribution < 1.29 is 13.6 Å². The first-order chi connectivity index (χ1) is 11.1. The first-order valence-corrected chi connectivity index (χ1v) is 8.20. The Morgan fingerprint density at radius 2 is 1.70 bits per heavy atom. The van der Waals surface area contributed by atoms with Crippen LogP contribution < -0.4 is 0 Å². The average Bonchev–Trinajstić information content (AvgIpc) is 2.57. The van der Waals surface area contributed by atoms with Crippen LogP contribution in [0, 0.1) is 0 Å². The molecule has 2 aromatic rings. The third kappa shape index (κ3) is 3.20. The summed E-state index contributed by atoms with van der Waals surface area (Å²) >= 11 is 0.